The minimum atomic E-state index is -4.67. The fourth-order valence-corrected chi connectivity index (χ4v) is 3.90. The summed E-state index contributed by atoms with van der Waals surface area (Å²) >= 11 is 0. The Hall–Kier alpha value is -2.27. The summed E-state index contributed by atoms with van der Waals surface area (Å²) in [4.78, 5) is 2.94. The van der Waals surface area contributed by atoms with Gasteiger partial charge in [-0.25, -0.2) is 22.2 Å². The fraction of sp³-hybridized carbons (Fsp3) is 0.267. The predicted octanol–water partition coefficient (Wildman–Crippen LogP) is 2.83. The Bertz CT molecular complexity index is 907. The fourth-order valence-electron chi connectivity index (χ4n) is 2.36. The maximum atomic E-state index is 13.2. The molecule has 0 N–H and O–H groups in total. The maximum absolute atomic E-state index is 13.2. The molecule has 2 heterocycles. The highest BCUT2D eigenvalue weighted by Crippen LogP contribution is 2.36. The van der Waals surface area contributed by atoms with Crippen molar-refractivity contribution in [1.29, 1.82) is 0 Å². The van der Waals surface area contributed by atoms with Crippen LogP contribution in [0, 0.1) is 11.6 Å². The summed E-state index contributed by atoms with van der Waals surface area (Å²) in [6.07, 6.45) is -4.41. The highest BCUT2D eigenvalue weighted by molar-refractivity contribution is 7.89. The first-order valence-corrected chi connectivity index (χ1v) is 8.66. The molecule has 140 valence electrons. The van der Waals surface area contributed by atoms with Crippen molar-refractivity contribution in [3.05, 3.63) is 53.7 Å². The first-order chi connectivity index (χ1) is 12.1. The van der Waals surface area contributed by atoms with E-state index in [4.69, 9.17) is 4.74 Å². The first kappa shape index (κ1) is 18.5. The molecule has 0 spiro atoms. The van der Waals surface area contributed by atoms with Crippen LogP contribution in [0.2, 0.25) is 0 Å². The van der Waals surface area contributed by atoms with E-state index in [0.717, 1.165) is 22.6 Å². The van der Waals surface area contributed by atoms with Crippen molar-refractivity contribution in [2.75, 3.05) is 13.1 Å². The van der Waals surface area contributed by atoms with Gasteiger partial charge in [-0.2, -0.15) is 17.5 Å². The largest absolute Gasteiger partial charge is 0.471 e. The van der Waals surface area contributed by atoms with Gasteiger partial charge in [-0.3, -0.25) is 0 Å². The topological polar surface area (TPSA) is 59.5 Å². The lowest BCUT2D eigenvalue weighted by Gasteiger charge is -2.37. The lowest BCUT2D eigenvalue weighted by Crippen LogP contribution is -2.56. The van der Waals surface area contributed by atoms with E-state index in [1.165, 1.54) is 0 Å². The van der Waals surface area contributed by atoms with Crippen LogP contribution in [-0.2, 0) is 16.2 Å². The number of pyridine rings is 1. The number of aromatic nitrogens is 1. The Morgan fingerprint density at radius 1 is 1.12 bits per heavy atom. The van der Waals surface area contributed by atoms with Crippen LogP contribution >= 0.6 is 0 Å². The number of hydrogen-bond acceptors (Lipinski definition) is 4. The summed E-state index contributed by atoms with van der Waals surface area (Å²) in [6.45, 7) is -0.539. The van der Waals surface area contributed by atoms with Gasteiger partial charge in [-0.1, -0.05) is 0 Å². The van der Waals surface area contributed by atoms with Crippen molar-refractivity contribution < 1.29 is 35.1 Å². The second-order valence-corrected chi connectivity index (χ2v) is 7.46. The molecule has 26 heavy (non-hydrogen) atoms. The van der Waals surface area contributed by atoms with Gasteiger partial charge in [0.15, 0.2) is 0 Å². The smallest absolute Gasteiger partial charge is 0.421 e. The zero-order valence-electron chi connectivity index (χ0n) is 12.9. The Morgan fingerprint density at radius 2 is 1.73 bits per heavy atom. The highest BCUT2D eigenvalue weighted by atomic mass is 32.2. The molecular weight excluding hydrogens is 383 g/mol. The van der Waals surface area contributed by atoms with Crippen molar-refractivity contribution in [3.63, 3.8) is 0 Å². The van der Waals surface area contributed by atoms with Crippen LogP contribution in [0.1, 0.15) is 5.56 Å². The minimum Gasteiger partial charge on any atom is -0.471 e. The van der Waals surface area contributed by atoms with E-state index < -0.39 is 50.3 Å². The standard InChI is InChI=1S/C15H11F5N2O3S/c16-9-4-10(17)6-12(5-9)26(23,24)22-7-11(8-22)25-14-13(15(18,19)20)2-1-3-21-14/h1-6,11H,7-8H2. The summed E-state index contributed by atoms with van der Waals surface area (Å²) in [5.41, 5.74) is -1.08. The molecule has 1 aromatic carbocycles. The monoisotopic (exact) mass is 394 g/mol. The van der Waals surface area contributed by atoms with Crippen LogP contribution < -0.4 is 4.74 Å². The van der Waals surface area contributed by atoms with Gasteiger partial charge in [0.1, 0.15) is 23.3 Å². The quantitative estimate of drug-likeness (QED) is 0.749. The molecule has 2 aromatic rings. The van der Waals surface area contributed by atoms with Crippen LogP contribution in [0.3, 0.4) is 0 Å². The van der Waals surface area contributed by atoms with Crippen molar-refractivity contribution >= 4 is 10.0 Å². The number of ether oxygens (including phenoxy) is 1. The Balaban J connectivity index is 1.72. The second-order valence-electron chi connectivity index (χ2n) is 5.52. The molecule has 0 unspecified atom stereocenters. The van der Waals surface area contributed by atoms with E-state index in [1.807, 2.05) is 0 Å². The molecule has 3 rings (SSSR count). The minimum absolute atomic E-state index is 0.270. The molecule has 1 saturated heterocycles. The number of halogens is 5. The molecular formula is C15H11F5N2O3S. The van der Waals surface area contributed by atoms with Gasteiger partial charge < -0.3 is 4.74 Å². The van der Waals surface area contributed by atoms with Crippen molar-refractivity contribution in [2.45, 2.75) is 17.2 Å². The normalized spacial score (nSPS) is 16.3. The third-order valence-corrected chi connectivity index (χ3v) is 5.45. The molecule has 11 heteroatoms. The lowest BCUT2D eigenvalue weighted by molar-refractivity contribution is -0.140. The van der Waals surface area contributed by atoms with Gasteiger partial charge in [0.05, 0.1) is 18.0 Å². The molecule has 0 atom stereocenters. The van der Waals surface area contributed by atoms with Crippen LogP contribution in [0.15, 0.2) is 41.4 Å². The van der Waals surface area contributed by atoms with Crippen molar-refractivity contribution in [3.8, 4) is 5.88 Å². The number of benzene rings is 1. The van der Waals surface area contributed by atoms with Crippen molar-refractivity contribution in [2.24, 2.45) is 0 Å². The summed E-state index contributed by atoms with van der Waals surface area (Å²) in [5.74, 6) is -2.76. The molecule has 0 radical (unpaired) electrons. The average Bonchev–Trinajstić information content (AvgIpc) is 2.48. The first-order valence-electron chi connectivity index (χ1n) is 7.22. The maximum Gasteiger partial charge on any atom is 0.421 e. The molecule has 1 aliphatic rings. The van der Waals surface area contributed by atoms with Crippen molar-refractivity contribution in [1.82, 2.24) is 9.29 Å². The third kappa shape index (κ3) is 3.63. The van der Waals surface area contributed by atoms with Crippen LogP contribution in [0.4, 0.5) is 22.0 Å². The Morgan fingerprint density at radius 3 is 2.31 bits per heavy atom. The van der Waals surface area contributed by atoms with Crippen LogP contribution in [-0.4, -0.2) is 36.9 Å². The van der Waals surface area contributed by atoms with Gasteiger partial charge in [-0.15, -0.1) is 0 Å². The molecule has 0 aliphatic carbocycles. The molecule has 0 saturated carbocycles. The molecule has 0 amide bonds. The van der Waals surface area contributed by atoms with Gasteiger partial charge in [0.2, 0.25) is 15.9 Å². The number of hydrogen-bond donors (Lipinski definition) is 0. The SMILES string of the molecule is O=S(=O)(c1cc(F)cc(F)c1)N1CC(Oc2ncccc2C(F)(F)F)C1. The summed E-state index contributed by atoms with van der Waals surface area (Å²) in [7, 11) is -4.18. The lowest BCUT2D eigenvalue weighted by atomic mass is 10.2. The van der Waals surface area contributed by atoms with E-state index >= 15 is 0 Å². The molecule has 1 fully saturated rings. The molecule has 1 aromatic heterocycles. The zero-order chi connectivity index (χ0) is 19.1. The molecule has 1 aliphatic heterocycles. The predicted molar refractivity (Wildman–Crippen MR) is 78.8 cm³/mol. The van der Waals surface area contributed by atoms with Gasteiger partial charge in [0, 0.05) is 12.3 Å². The number of rotatable bonds is 4. The van der Waals surface area contributed by atoms with E-state index in [0.29, 0.717) is 18.2 Å². The third-order valence-electron chi connectivity index (χ3n) is 3.64. The van der Waals surface area contributed by atoms with E-state index in [9.17, 15) is 30.4 Å². The summed E-state index contributed by atoms with van der Waals surface area (Å²) in [5, 5.41) is 0. The van der Waals surface area contributed by atoms with Gasteiger partial charge in [0.25, 0.3) is 0 Å². The molecule has 0 bridgehead atoms. The summed E-state index contributed by atoms with van der Waals surface area (Å²) in [6, 6.07) is 3.75. The average molecular weight is 394 g/mol. The Labute approximate surface area is 145 Å². The number of sulfonamides is 1. The summed E-state index contributed by atoms with van der Waals surface area (Å²) < 4.78 is 95.6. The number of nitrogens with zero attached hydrogens (tertiary/aromatic N) is 2. The van der Waals surface area contributed by atoms with E-state index in [1.54, 1.807) is 0 Å². The van der Waals surface area contributed by atoms with Crippen LogP contribution in [0.5, 0.6) is 5.88 Å². The second kappa shape index (κ2) is 6.47. The van der Waals surface area contributed by atoms with Crippen LogP contribution in [0.25, 0.3) is 0 Å². The van der Waals surface area contributed by atoms with E-state index in [2.05, 4.69) is 4.98 Å². The van der Waals surface area contributed by atoms with Gasteiger partial charge in [-0.05, 0) is 24.3 Å². The molecule has 5 nitrogen and oxygen atoms in total. The zero-order valence-corrected chi connectivity index (χ0v) is 13.7. The highest BCUT2D eigenvalue weighted by Gasteiger charge is 2.41. The van der Waals surface area contributed by atoms with E-state index in [-0.39, 0.29) is 13.1 Å². The van der Waals surface area contributed by atoms with Gasteiger partial charge >= 0.3 is 6.18 Å². The Kier molecular flexibility index (Phi) is 4.61. The number of alkyl halides is 3.